The largest absolute Gasteiger partial charge is 0.478 e. The normalized spacial score (nSPS) is 11.4. The Balaban J connectivity index is 2.15. The monoisotopic (exact) mass is 307 g/mol. The van der Waals surface area contributed by atoms with Gasteiger partial charge < -0.3 is 10.3 Å². The van der Waals surface area contributed by atoms with Crippen LogP contribution in [-0.4, -0.2) is 31.8 Å². The van der Waals surface area contributed by atoms with Crippen molar-refractivity contribution in [3.8, 4) is 5.69 Å². The summed E-state index contributed by atoms with van der Waals surface area (Å²) < 4.78 is 1.45. The minimum atomic E-state index is -1.14. The van der Waals surface area contributed by atoms with E-state index < -0.39 is 5.97 Å². The van der Waals surface area contributed by atoms with Gasteiger partial charge in [0.05, 0.1) is 5.69 Å². The Bertz CT molecular complexity index is 855. The standard InChI is InChI=1S/C17H13N3O3/c21-17(22)14-11-20(13-9-5-2-6-10-13)18-16(14)15(19-23)12-7-3-1-4-8-12/h1-11,23H,(H,21,22)/b19-15+. The van der Waals surface area contributed by atoms with Gasteiger partial charge in [0.2, 0.25) is 0 Å². The Morgan fingerprint density at radius 2 is 1.61 bits per heavy atom. The number of hydrogen-bond acceptors (Lipinski definition) is 4. The van der Waals surface area contributed by atoms with Gasteiger partial charge in [-0.1, -0.05) is 53.7 Å². The predicted octanol–water partition coefficient (Wildman–Crippen LogP) is 2.80. The fraction of sp³-hybridized carbons (Fsp3) is 0. The third-order valence-electron chi connectivity index (χ3n) is 3.34. The molecule has 0 spiro atoms. The molecular weight excluding hydrogens is 294 g/mol. The molecule has 1 aromatic heterocycles. The van der Waals surface area contributed by atoms with Crippen molar-refractivity contribution in [3.63, 3.8) is 0 Å². The van der Waals surface area contributed by atoms with Crippen LogP contribution in [0.4, 0.5) is 0 Å². The van der Waals surface area contributed by atoms with Crippen molar-refractivity contribution in [2.75, 3.05) is 0 Å². The van der Waals surface area contributed by atoms with Crippen LogP contribution >= 0.6 is 0 Å². The van der Waals surface area contributed by atoms with E-state index in [1.54, 1.807) is 36.4 Å². The molecule has 0 amide bonds. The van der Waals surface area contributed by atoms with E-state index in [0.29, 0.717) is 11.3 Å². The molecule has 2 N–H and O–H groups in total. The molecule has 23 heavy (non-hydrogen) atoms. The Morgan fingerprint density at radius 1 is 1.00 bits per heavy atom. The van der Waals surface area contributed by atoms with Gasteiger partial charge in [-0.25, -0.2) is 9.48 Å². The van der Waals surface area contributed by atoms with E-state index in [9.17, 15) is 15.1 Å². The molecule has 0 fully saturated rings. The number of rotatable bonds is 4. The molecule has 1 heterocycles. The number of aromatic carboxylic acids is 1. The second-order valence-electron chi connectivity index (χ2n) is 4.79. The number of carboxylic acids is 1. The van der Waals surface area contributed by atoms with Crippen molar-refractivity contribution in [2.24, 2.45) is 5.16 Å². The van der Waals surface area contributed by atoms with Gasteiger partial charge in [0.15, 0.2) is 0 Å². The minimum absolute atomic E-state index is 0.0366. The van der Waals surface area contributed by atoms with Gasteiger partial charge in [-0.2, -0.15) is 5.10 Å². The highest BCUT2D eigenvalue weighted by molar-refractivity contribution is 6.15. The van der Waals surface area contributed by atoms with E-state index in [-0.39, 0.29) is 17.0 Å². The lowest BCUT2D eigenvalue weighted by Gasteiger charge is -2.03. The maximum Gasteiger partial charge on any atom is 0.339 e. The highest BCUT2D eigenvalue weighted by Gasteiger charge is 2.22. The minimum Gasteiger partial charge on any atom is -0.478 e. The number of aromatic nitrogens is 2. The highest BCUT2D eigenvalue weighted by atomic mass is 16.4. The third kappa shape index (κ3) is 2.82. The molecule has 0 unspecified atom stereocenters. The first-order valence-corrected chi connectivity index (χ1v) is 6.87. The van der Waals surface area contributed by atoms with Gasteiger partial charge in [-0.3, -0.25) is 0 Å². The van der Waals surface area contributed by atoms with Crippen LogP contribution in [0.5, 0.6) is 0 Å². The summed E-state index contributed by atoms with van der Waals surface area (Å²) in [5.41, 5.74) is 1.47. The first-order valence-electron chi connectivity index (χ1n) is 6.87. The Hall–Kier alpha value is -3.41. The number of para-hydroxylation sites is 1. The van der Waals surface area contributed by atoms with Crippen molar-refractivity contribution >= 4 is 11.7 Å². The average molecular weight is 307 g/mol. The fourth-order valence-corrected chi connectivity index (χ4v) is 2.26. The number of carboxylic acid groups (broad SMARTS) is 1. The molecule has 0 bridgehead atoms. The lowest BCUT2D eigenvalue weighted by atomic mass is 10.0. The summed E-state index contributed by atoms with van der Waals surface area (Å²) in [6.07, 6.45) is 1.40. The Kier molecular flexibility index (Phi) is 3.88. The summed E-state index contributed by atoms with van der Waals surface area (Å²) in [5.74, 6) is -1.14. The van der Waals surface area contributed by atoms with Crippen LogP contribution in [0, 0.1) is 0 Å². The number of oxime groups is 1. The lowest BCUT2D eigenvalue weighted by molar-refractivity contribution is 0.0696. The number of carbonyl (C=O) groups is 1. The zero-order chi connectivity index (χ0) is 16.2. The molecular formula is C17H13N3O3. The molecule has 0 saturated carbocycles. The smallest absolute Gasteiger partial charge is 0.339 e. The van der Waals surface area contributed by atoms with E-state index in [0.717, 1.165) is 0 Å². The molecule has 0 radical (unpaired) electrons. The van der Waals surface area contributed by atoms with E-state index in [2.05, 4.69) is 10.3 Å². The Morgan fingerprint density at radius 3 is 2.17 bits per heavy atom. The van der Waals surface area contributed by atoms with Gasteiger partial charge in [0.25, 0.3) is 0 Å². The van der Waals surface area contributed by atoms with E-state index in [1.807, 2.05) is 24.3 Å². The van der Waals surface area contributed by atoms with Crippen LogP contribution in [0.15, 0.2) is 72.0 Å². The summed E-state index contributed by atoms with van der Waals surface area (Å²) in [4.78, 5) is 11.5. The lowest BCUT2D eigenvalue weighted by Crippen LogP contribution is -2.10. The maximum atomic E-state index is 11.5. The zero-order valence-electron chi connectivity index (χ0n) is 12.0. The predicted molar refractivity (Wildman–Crippen MR) is 84.4 cm³/mol. The van der Waals surface area contributed by atoms with E-state index in [1.165, 1.54) is 10.9 Å². The van der Waals surface area contributed by atoms with Gasteiger partial charge in [-0.15, -0.1) is 0 Å². The molecule has 3 aromatic rings. The van der Waals surface area contributed by atoms with Crippen molar-refractivity contribution < 1.29 is 15.1 Å². The number of benzene rings is 2. The first-order chi connectivity index (χ1) is 11.2. The molecule has 0 aliphatic heterocycles. The van der Waals surface area contributed by atoms with Crippen LogP contribution in [0.2, 0.25) is 0 Å². The van der Waals surface area contributed by atoms with Crippen molar-refractivity contribution in [3.05, 3.63) is 83.7 Å². The average Bonchev–Trinajstić information content (AvgIpc) is 3.03. The van der Waals surface area contributed by atoms with Gasteiger partial charge in [0, 0.05) is 11.8 Å². The second-order valence-corrected chi connectivity index (χ2v) is 4.79. The van der Waals surface area contributed by atoms with Crippen LogP contribution in [0.25, 0.3) is 5.69 Å². The fourth-order valence-electron chi connectivity index (χ4n) is 2.26. The SMILES string of the molecule is O=C(O)c1cn(-c2ccccc2)nc1/C(=N/O)c1ccccc1. The molecule has 0 atom stereocenters. The molecule has 3 rings (SSSR count). The van der Waals surface area contributed by atoms with Crippen molar-refractivity contribution in [2.45, 2.75) is 0 Å². The number of hydrogen-bond donors (Lipinski definition) is 2. The topological polar surface area (TPSA) is 87.7 Å². The quantitative estimate of drug-likeness (QED) is 0.441. The van der Waals surface area contributed by atoms with Gasteiger partial charge in [0.1, 0.15) is 17.0 Å². The molecule has 2 aromatic carbocycles. The second kappa shape index (κ2) is 6.15. The molecule has 0 saturated heterocycles. The number of nitrogens with zero attached hydrogens (tertiary/aromatic N) is 3. The molecule has 0 aliphatic rings. The molecule has 114 valence electrons. The molecule has 6 nitrogen and oxygen atoms in total. The third-order valence-corrected chi connectivity index (χ3v) is 3.34. The molecule has 6 heteroatoms. The Labute approximate surface area is 131 Å². The van der Waals surface area contributed by atoms with Gasteiger partial charge >= 0.3 is 5.97 Å². The summed E-state index contributed by atoms with van der Waals surface area (Å²) >= 11 is 0. The van der Waals surface area contributed by atoms with Crippen molar-refractivity contribution in [1.82, 2.24) is 9.78 Å². The first kappa shape index (κ1) is 14.5. The summed E-state index contributed by atoms with van der Waals surface area (Å²) in [5, 5.41) is 26.3. The van der Waals surface area contributed by atoms with Crippen LogP contribution < -0.4 is 0 Å². The zero-order valence-corrected chi connectivity index (χ0v) is 12.0. The summed E-state index contributed by atoms with van der Waals surface area (Å²) in [7, 11) is 0. The molecule has 0 aliphatic carbocycles. The van der Waals surface area contributed by atoms with Gasteiger partial charge in [-0.05, 0) is 12.1 Å². The summed E-state index contributed by atoms with van der Waals surface area (Å²) in [6, 6.07) is 17.9. The van der Waals surface area contributed by atoms with E-state index in [4.69, 9.17) is 0 Å². The highest BCUT2D eigenvalue weighted by Crippen LogP contribution is 2.17. The van der Waals surface area contributed by atoms with Crippen LogP contribution in [0.3, 0.4) is 0 Å². The van der Waals surface area contributed by atoms with Crippen molar-refractivity contribution in [1.29, 1.82) is 0 Å². The van der Waals surface area contributed by atoms with E-state index >= 15 is 0 Å². The summed E-state index contributed by atoms with van der Waals surface area (Å²) in [6.45, 7) is 0. The van der Waals surface area contributed by atoms with Crippen LogP contribution in [-0.2, 0) is 0 Å². The van der Waals surface area contributed by atoms with Crippen LogP contribution in [0.1, 0.15) is 21.6 Å². The maximum absolute atomic E-state index is 11.5.